The number of ether oxygens (including phenoxy) is 3. The summed E-state index contributed by atoms with van der Waals surface area (Å²) in [4.78, 5) is 22.7. The molecule has 4 aromatic rings. The van der Waals surface area contributed by atoms with Crippen LogP contribution in [0.5, 0.6) is 17.2 Å². The van der Waals surface area contributed by atoms with Crippen LogP contribution in [0.1, 0.15) is 19.8 Å². The van der Waals surface area contributed by atoms with Crippen molar-refractivity contribution in [3.8, 4) is 28.6 Å². The molecule has 0 spiro atoms. The first-order valence-corrected chi connectivity index (χ1v) is 12.6. The van der Waals surface area contributed by atoms with Crippen molar-refractivity contribution in [2.24, 2.45) is 0 Å². The van der Waals surface area contributed by atoms with Crippen molar-refractivity contribution in [2.45, 2.75) is 25.9 Å². The molecule has 0 unspecified atom stereocenters. The SMILES string of the molecule is C=CC(=O)N1CCC(Oc2cc3c(Nc4cc(-c5ccco5)ccc4OC)ncnc3cc2OCC)CC1. The molecule has 1 fully saturated rings. The van der Waals surface area contributed by atoms with Gasteiger partial charge in [0.15, 0.2) is 11.5 Å². The third-order valence-corrected chi connectivity index (χ3v) is 6.48. The molecule has 0 saturated carbocycles. The van der Waals surface area contributed by atoms with Gasteiger partial charge in [0.05, 0.1) is 31.2 Å². The lowest BCUT2D eigenvalue weighted by molar-refractivity contribution is -0.127. The molecule has 196 valence electrons. The third-order valence-electron chi connectivity index (χ3n) is 6.48. The summed E-state index contributed by atoms with van der Waals surface area (Å²) in [6.07, 6.45) is 5.89. The van der Waals surface area contributed by atoms with Crippen LogP contribution in [0.25, 0.3) is 22.2 Å². The third kappa shape index (κ3) is 5.27. The van der Waals surface area contributed by atoms with Crippen LogP contribution in [0.4, 0.5) is 11.5 Å². The highest BCUT2D eigenvalue weighted by atomic mass is 16.5. The standard InChI is InChI=1S/C29H30N4O5/c1-4-28(34)33-12-10-20(11-13-33)38-27-16-21-22(17-26(27)36-5-2)30-18-31-29(21)32-23-15-19(8-9-25(23)35-3)24-7-6-14-37-24/h4,6-9,14-18,20H,1,5,10-13H2,2-3H3,(H,30,31,32). The summed E-state index contributed by atoms with van der Waals surface area (Å²) in [6.45, 7) is 7.24. The maximum atomic E-state index is 12.0. The first kappa shape index (κ1) is 25.1. The molecule has 9 nitrogen and oxygen atoms in total. The van der Waals surface area contributed by atoms with Crippen molar-refractivity contribution in [1.29, 1.82) is 0 Å². The van der Waals surface area contributed by atoms with E-state index < -0.39 is 0 Å². The molecule has 0 atom stereocenters. The van der Waals surface area contributed by atoms with Crippen LogP contribution < -0.4 is 19.5 Å². The average molecular weight is 515 g/mol. The van der Waals surface area contributed by atoms with E-state index in [2.05, 4.69) is 21.9 Å². The minimum Gasteiger partial charge on any atom is -0.495 e. The van der Waals surface area contributed by atoms with E-state index in [0.29, 0.717) is 48.3 Å². The van der Waals surface area contributed by atoms with E-state index in [1.165, 1.54) is 12.4 Å². The Labute approximate surface area is 221 Å². The minimum absolute atomic E-state index is 0.0494. The summed E-state index contributed by atoms with van der Waals surface area (Å²) in [5.74, 6) is 3.19. The molecule has 5 rings (SSSR count). The van der Waals surface area contributed by atoms with Gasteiger partial charge in [-0.3, -0.25) is 4.79 Å². The van der Waals surface area contributed by atoms with Crippen LogP contribution in [0.15, 0.2) is 72.1 Å². The van der Waals surface area contributed by atoms with E-state index in [1.54, 1.807) is 18.3 Å². The van der Waals surface area contributed by atoms with Gasteiger partial charge in [0.1, 0.15) is 29.8 Å². The monoisotopic (exact) mass is 514 g/mol. The summed E-state index contributed by atoms with van der Waals surface area (Å²) < 4.78 is 23.5. The lowest BCUT2D eigenvalue weighted by atomic mass is 10.1. The number of nitrogens with one attached hydrogen (secondary N) is 1. The van der Waals surface area contributed by atoms with Crippen LogP contribution in [0.3, 0.4) is 0 Å². The fraction of sp³-hybridized carbons (Fsp3) is 0.276. The maximum absolute atomic E-state index is 12.0. The van der Waals surface area contributed by atoms with Crippen LogP contribution in [0, 0.1) is 0 Å². The smallest absolute Gasteiger partial charge is 0.245 e. The molecule has 1 amide bonds. The van der Waals surface area contributed by atoms with E-state index in [0.717, 1.165) is 35.2 Å². The molecule has 0 aliphatic carbocycles. The topological polar surface area (TPSA) is 99.0 Å². The zero-order chi connectivity index (χ0) is 26.5. The van der Waals surface area contributed by atoms with Crippen molar-refractivity contribution < 1.29 is 23.4 Å². The summed E-state index contributed by atoms with van der Waals surface area (Å²) in [5.41, 5.74) is 2.35. The number of benzene rings is 2. The Kier molecular flexibility index (Phi) is 7.44. The Morgan fingerprint density at radius 3 is 2.71 bits per heavy atom. The van der Waals surface area contributed by atoms with Crippen LogP contribution in [-0.4, -0.2) is 53.7 Å². The predicted molar refractivity (Wildman–Crippen MR) is 145 cm³/mol. The molecule has 1 N–H and O–H groups in total. The lowest BCUT2D eigenvalue weighted by Gasteiger charge is -2.32. The number of likely N-dealkylation sites (tertiary alicyclic amines) is 1. The van der Waals surface area contributed by atoms with Crippen molar-refractivity contribution >= 4 is 28.3 Å². The molecular weight excluding hydrogens is 484 g/mol. The van der Waals surface area contributed by atoms with Gasteiger partial charge in [-0.1, -0.05) is 6.58 Å². The van der Waals surface area contributed by atoms with Crippen molar-refractivity contribution in [3.63, 3.8) is 0 Å². The van der Waals surface area contributed by atoms with Crippen LogP contribution >= 0.6 is 0 Å². The largest absolute Gasteiger partial charge is 0.495 e. The highest BCUT2D eigenvalue weighted by molar-refractivity contribution is 5.93. The second kappa shape index (κ2) is 11.2. The van der Waals surface area contributed by atoms with E-state index in [1.807, 2.05) is 49.4 Å². The van der Waals surface area contributed by atoms with E-state index >= 15 is 0 Å². The summed E-state index contributed by atoms with van der Waals surface area (Å²) in [5, 5.41) is 4.18. The number of piperidine rings is 1. The second-order valence-electron chi connectivity index (χ2n) is 8.84. The van der Waals surface area contributed by atoms with Crippen molar-refractivity contribution in [1.82, 2.24) is 14.9 Å². The molecule has 0 bridgehead atoms. The molecule has 9 heteroatoms. The molecular formula is C29H30N4O5. The Balaban J connectivity index is 1.46. The van der Waals surface area contributed by atoms with Gasteiger partial charge in [0.2, 0.25) is 5.91 Å². The maximum Gasteiger partial charge on any atom is 0.245 e. The Hall–Kier alpha value is -4.53. The number of hydrogen-bond donors (Lipinski definition) is 1. The summed E-state index contributed by atoms with van der Waals surface area (Å²) in [7, 11) is 1.62. The summed E-state index contributed by atoms with van der Waals surface area (Å²) in [6, 6.07) is 13.3. The van der Waals surface area contributed by atoms with Gasteiger partial charge >= 0.3 is 0 Å². The van der Waals surface area contributed by atoms with Gasteiger partial charge in [-0.25, -0.2) is 9.97 Å². The molecule has 2 aromatic carbocycles. The highest BCUT2D eigenvalue weighted by Crippen LogP contribution is 2.38. The average Bonchev–Trinajstić information content (AvgIpc) is 3.49. The fourth-order valence-corrected chi connectivity index (χ4v) is 4.56. The summed E-state index contributed by atoms with van der Waals surface area (Å²) >= 11 is 0. The number of carbonyl (C=O) groups excluding carboxylic acids is 1. The normalized spacial score (nSPS) is 13.8. The molecule has 1 saturated heterocycles. The fourth-order valence-electron chi connectivity index (χ4n) is 4.56. The molecule has 0 radical (unpaired) electrons. The minimum atomic E-state index is -0.0522. The van der Waals surface area contributed by atoms with Gasteiger partial charge in [-0.05, 0) is 49.4 Å². The van der Waals surface area contributed by atoms with Crippen molar-refractivity contribution in [3.05, 3.63) is 67.7 Å². The van der Waals surface area contributed by atoms with Gasteiger partial charge < -0.3 is 28.8 Å². The number of aromatic nitrogens is 2. The van der Waals surface area contributed by atoms with Gasteiger partial charge in [-0.15, -0.1) is 0 Å². The zero-order valence-electron chi connectivity index (χ0n) is 21.5. The highest BCUT2D eigenvalue weighted by Gasteiger charge is 2.24. The number of rotatable bonds is 9. The molecule has 38 heavy (non-hydrogen) atoms. The van der Waals surface area contributed by atoms with Gasteiger partial charge in [0, 0.05) is 42.9 Å². The van der Waals surface area contributed by atoms with Crippen LogP contribution in [0.2, 0.25) is 0 Å². The number of carbonyl (C=O) groups is 1. The first-order chi connectivity index (χ1) is 18.6. The Morgan fingerprint density at radius 1 is 1.16 bits per heavy atom. The first-order valence-electron chi connectivity index (χ1n) is 12.6. The van der Waals surface area contributed by atoms with Gasteiger partial charge in [0.25, 0.3) is 0 Å². The van der Waals surface area contributed by atoms with E-state index in [4.69, 9.17) is 18.6 Å². The number of anilines is 2. The number of hydrogen-bond acceptors (Lipinski definition) is 8. The molecule has 3 heterocycles. The molecule has 2 aromatic heterocycles. The molecule has 1 aliphatic heterocycles. The Morgan fingerprint density at radius 2 is 2.00 bits per heavy atom. The second-order valence-corrected chi connectivity index (χ2v) is 8.84. The number of methoxy groups -OCH3 is 1. The quantitative estimate of drug-likeness (QED) is 0.288. The number of furan rings is 1. The zero-order valence-corrected chi connectivity index (χ0v) is 21.5. The van der Waals surface area contributed by atoms with Crippen molar-refractivity contribution in [2.75, 3.05) is 32.1 Å². The van der Waals surface area contributed by atoms with E-state index in [-0.39, 0.29) is 12.0 Å². The lowest BCUT2D eigenvalue weighted by Crippen LogP contribution is -2.41. The molecule has 1 aliphatic rings. The predicted octanol–water partition coefficient (Wildman–Crippen LogP) is 5.60. The van der Waals surface area contributed by atoms with E-state index in [9.17, 15) is 4.79 Å². The number of nitrogens with zero attached hydrogens (tertiary/aromatic N) is 3. The van der Waals surface area contributed by atoms with Crippen LogP contribution in [-0.2, 0) is 4.79 Å². The Bertz CT molecular complexity index is 1430. The number of fused-ring (bicyclic) bond motifs is 1. The van der Waals surface area contributed by atoms with Gasteiger partial charge in [-0.2, -0.15) is 0 Å². The number of amides is 1.